The van der Waals surface area contributed by atoms with Gasteiger partial charge in [-0.2, -0.15) is 0 Å². The van der Waals surface area contributed by atoms with E-state index in [2.05, 4.69) is 19.2 Å². The Morgan fingerprint density at radius 3 is 2.22 bits per heavy atom. The second-order valence-corrected chi connectivity index (χ2v) is 5.60. The molecule has 0 bridgehead atoms. The summed E-state index contributed by atoms with van der Waals surface area (Å²) >= 11 is 0. The predicted molar refractivity (Wildman–Crippen MR) is 93.6 cm³/mol. The minimum atomic E-state index is 0.137. The van der Waals surface area contributed by atoms with E-state index in [4.69, 9.17) is 14.6 Å². The van der Waals surface area contributed by atoms with E-state index in [-0.39, 0.29) is 12.6 Å². The zero-order valence-corrected chi connectivity index (χ0v) is 14.2. The van der Waals surface area contributed by atoms with Crippen molar-refractivity contribution >= 4 is 5.69 Å². The van der Waals surface area contributed by atoms with Gasteiger partial charge in [0, 0.05) is 18.3 Å². The molecule has 0 radical (unpaired) electrons. The van der Waals surface area contributed by atoms with Gasteiger partial charge in [-0.15, -0.1) is 0 Å². The first-order valence-corrected chi connectivity index (χ1v) is 7.78. The van der Waals surface area contributed by atoms with Crippen LogP contribution >= 0.6 is 0 Å². The number of benzene rings is 2. The molecule has 0 spiro atoms. The van der Waals surface area contributed by atoms with Crippen LogP contribution < -0.4 is 14.8 Å². The molecule has 4 heteroatoms. The number of aliphatic hydroxyl groups is 1. The molecule has 1 unspecified atom stereocenters. The van der Waals surface area contributed by atoms with Gasteiger partial charge in [0.05, 0.1) is 14.2 Å². The Labute approximate surface area is 138 Å². The lowest BCUT2D eigenvalue weighted by molar-refractivity contribution is 0.299. The Kier molecular flexibility index (Phi) is 5.88. The van der Waals surface area contributed by atoms with Gasteiger partial charge < -0.3 is 19.9 Å². The standard InChI is InChI=1S/C19H25NO3/c1-13-11-18(22-3)19(23-4)12-17(13)14(2)20-16-7-5-15(6-8-16)9-10-21/h5-8,11-12,14,20-21H,9-10H2,1-4H3. The lowest BCUT2D eigenvalue weighted by atomic mass is 10.0. The number of hydrogen-bond donors (Lipinski definition) is 2. The molecule has 0 aliphatic rings. The second-order valence-electron chi connectivity index (χ2n) is 5.60. The summed E-state index contributed by atoms with van der Waals surface area (Å²) in [7, 11) is 3.29. The first kappa shape index (κ1) is 17.2. The monoisotopic (exact) mass is 315 g/mol. The van der Waals surface area contributed by atoms with Gasteiger partial charge in [0.15, 0.2) is 11.5 Å². The summed E-state index contributed by atoms with van der Waals surface area (Å²) < 4.78 is 10.7. The lowest BCUT2D eigenvalue weighted by Gasteiger charge is -2.20. The molecule has 0 saturated carbocycles. The smallest absolute Gasteiger partial charge is 0.161 e. The molecular formula is C19H25NO3. The average Bonchev–Trinajstić information content (AvgIpc) is 2.56. The van der Waals surface area contributed by atoms with Crippen LogP contribution in [0, 0.1) is 6.92 Å². The van der Waals surface area contributed by atoms with Crippen molar-refractivity contribution in [3.8, 4) is 11.5 Å². The van der Waals surface area contributed by atoms with Crippen molar-refractivity contribution < 1.29 is 14.6 Å². The number of hydrogen-bond acceptors (Lipinski definition) is 4. The van der Waals surface area contributed by atoms with Crippen molar-refractivity contribution in [3.63, 3.8) is 0 Å². The third-order valence-corrected chi connectivity index (χ3v) is 3.98. The zero-order chi connectivity index (χ0) is 16.8. The van der Waals surface area contributed by atoms with Gasteiger partial charge in [0.1, 0.15) is 0 Å². The maximum absolute atomic E-state index is 8.97. The molecule has 1 atom stereocenters. The Hall–Kier alpha value is -2.20. The second kappa shape index (κ2) is 7.88. The van der Waals surface area contributed by atoms with E-state index in [0.717, 1.165) is 28.3 Å². The number of aliphatic hydroxyl groups excluding tert-OH is 1. The third kappa shape index (κ3) is 4.17. The summed E-state index contributed by atoms with van der Waals surface area (Å²) in [5.74, 6) is 1.48. The summed E-state index contributed by atoms with van der Waals surface area (Å²) in [6, 6.07) is 12.3. The van der Waals surface area contributed by atoms with Gasteiger partial charge in [-0.1, -0.05) is 12.1 Å². The van der Waals surface area contributed by atoms with E-state index in [0.29, 0.717) is 6.42 Å². The summed E-state index contributed by atoms with van der Waals surface area (Å²) in [5.41, 5.74) is 4.50. The molecular weight excluding hydrogens is 290 g/mol. The third-order valence-electron chi connectivity index (χ3n) is 3.98. The normalized spacial score (nSPS) is 11.9. The Bertz CT molecular complexity index is 638. The van der Waals surface area contributed by atoms with Gasteiger partial charge in [0.25, 0.3) is 0 Å². The first-order valence-electron chi connectivity index (χ1n) is 7.78. The van der Waals surface area contributed by atoms with E-state index in [9.17, 15) is 0 Å². The molecule has 0 aromatic heterocycles. The fraction of sp³-hybridized carbons (Fsp3) is 0.368. The minimum Gasteiger partial charge on any atom is -0.493 e. The van der Waals surface area contributed by atoms with Crippen LogP contribution in [0.2, 0.25) is 0 Å². The Morgan fingerprint density at radius 2 is 1.65 bits per heavy atom. The maximum atomic E-state index is 8.97. The maximum Gasteiger partial charge on any atom is 0.161 e. The molecule has 2 aromatic carbocycles. The molecule has 0 fully saturated rings. The number of ether oxygens (including phenoxy) is 2. The highest BCUT2D eigenvalue weighted by Gasteiger charge is 2.13. The number of anilines is 1. The van der Waals surface area contributed by atoms with Gasteiger partial charge in [0.2, 0.25) is 0 Å². The predicted octanol–water partition coefficient (Wildman–Crippen LogP) is 3.72. The molecule has 0 saturated heterocycles. The van der Waals surface area contributed by atoms with E-state index in [1.165, 1.54) is 5.56 Å². The SMILES string of the molecule is COc1cc(C)c(C(C)Nc2ccc(CCO)cc2)cc1OC. The van der Waals surface area contributed by atoms with Crippen LogP contribution in [0.5, 0.6) is 11.5 Å². The van der Waals surface area contributed by atoms with Crippen molar-refractivity contribution in [2.45, 2.75) is 26.3 Å². The molecule has 0 aliphatic carbocycles. The molecule has 124 valence electrons. The van der Waals surface area contributed by atoms with Gasteiger partial charge >= 0.3 is 0 Å². The number of nitrogens with one attached hydrogen (secondary N) is 1. The van der Waals surface area contributed by atoms with Crippen LogP contribution in [-0.2, 0) is 6.42 Å². The van der Waals surface area contributed by atoms with E-state index in [1.54, 1.807) is 14.2 Å². The zero-order valence-electron chi connectivity index (χ0n) is 14.2. The molecule has 0 aliphatic heterocycles. The highest BCUT2D eigenvalue weighted by Crippen LogP contribution is 2.33. The number of aryl methyl sites for hydroxylation is 1. The minimum absolute atomic E-state index is 0.137. The van der Waals surface area contributed by atoms with Gasteiger partial charge in [-0.05, 0) is 61.2 Å². The van der Waals surface area contributed by atoms with Crippen LogP contribution in [0.1, 0.15) is 29.7 Å². The molecule has 2 N–H and O–H groups in total. The van der Waals surface area contributed by atoms with Crippen LogP contribution in [0.3, 0.4) is 0 Å². The molecule has 0 amide bonds. The number of rotatable bonds is 7. The average molecular weight is 315 g/mol. The van der Waals surface area contributed by atoms with Gasteiger partial charge in [-0.25, -0.2) is 0 Å². The van der Waals surface area contributed by atoms with E-state index >= 15 is 0 Å². The number of methoxy groups -OCH3 is 2. The highest BCUT2D eigenvalue weighted by atomic mass is 16.5. The van der Waals surface area contributed by atoms with Crippen molar-refractivity contribution in [1.82, 2.24) is 0 Å². The van der Waals surface area contributed by atoms with Crippen LogP contribution in [0.25, 0.3) is 0 Å². The van der Waals surface area contributed by atoms with Gasteiger partial charge in [-0.3, -0.25) is 0 Å². The lowest BCUT2D eigenvalue weighted by Crippen LogP contribution is -2.09. The van der Waals surface area contributed by atoms with Crippen LogP contribution in [0.4, 0.5) is 5.69 Å². The van der Waals surface area contributed by atoms with Crippen molar-refractivity contribution in [2.75, 3.05) is 26.1 Å². The topological polar surface area (TPSA) is 50.7 Å². The van der Waals surface area contributed by atoms with E-state index < -0.39 is 0 Å². The quantitative estimate of drug-likeness (QED) is 0.817. The van der Waals surface area contributed by atoms with Crippen LogP contribution in [-0.4, -0.2) is 25.9 Å². The van der Waals surface area contributed by atoms with E-state index in [1.807, 2.05) is 36.4 Å². The Morgan fingerprint density at radius 1 is 1.04 bits per heavy atom. The largest absolute Gasteiger partial charge is 0.493 e. The van der Waals surface area contributed by atoms with Crippen LogP contribution in [0.15, 0.2) is 36.4 Å². The molecule has 2 aromatic rings. The summed E-state index contributed by atoms with van der Waals surface area (Å²) in [6.07, 6.45) is 0.685. The summed E-state index contributed by atoms with van der Waals surface area (Å²) in [5, 5.41) is 12.5. The molecule has 4 nitrogen and oxygen atoms in total. The fourth-order valence-electron chi connectivity index (χ4n) is 2.69. The van der Waals surface area contributed by atoms with Crippen molar-refractivity contribution in [3.05, 3.63) is 53.1 Å². The molecule has 0 heterocycles. The van der Waals surface area contributed by atoms with Crippen molar-refractivity contribution in [1.29, 1.82) is 0 Å². The molecule has 23 heavy (non-hydrogen) atoms. The first-order chi connectivity index (χ1) is 11.1. The summed E-state index contributed by atoms with van der Waals surface area (Å²) in [6.45, 7) is 4.36. The highest BCUT2D eigenvalue weighted by molar-refractivity contribution is 5.52. The fourth-order valence-corrected chi connectivity index (χ4v) is 2.69. The molecule has 2 rings (SSSR count). The van der Waals surface area contributed by atoms with Crippen molar-refractivity contribution in [2.24, 2.45) is 0 Å². The summed E-state index contributed by atoms with van der Waals surface area (Å²) in [4.78, 5) is 0. The Balaban J connectivity index is 2.18.